The van der Waals surface area contributed by atoms with E-state index >= 15 is 0 Å². The molecule has 1 nitrogen and oxygen atoms in total. The van der Waals surface area contributed by atoms with Gasteiger partial charge in [0.25, 0.3) is 0 Å². The molecule has 0 heterocycles. The monoisotopic (exact) mass is 168 g/mol. The molecule has 0 amide bonds. The topological polar surface area (TPSA) is 17.1 Å². The van der Waals surface area contributed by atoms with Crippen LogP contribution < -0.4 is 0 Å². The maximum Gasteiger partial charge on any atom is 0.159 e. The van der Waals surface area contributed by atoms with Crippen LogP contribution in [0.5, 0.6) is 0 Å². The van der Waals surface area contributed by atoms with Crippen molar-refractivity contribution in [3.8, 4) is 0 Å². The van der Waals surface area contributed by atoms with Crippen LogP contribution in [0, 0.1) is 0 Å². The first kappa shape index (κ1) is 10.8. The number of rotatable bonds is 3. The summed E-state index contributed by atoms with van der Waals surface area (Å²) in [4.78, 5) is 10.8. The lowest BCUT2D eigenvalue weighted by Crippen LogP contribution is -1.92. The summed E-state index contributed by atoms with van der Waals surface area (Å²) >= 11 is 0. The second-order valence-corrected chi connectivity index (χ2v) is 2.71. The largest absolute Gasteiger partial charge is 0.295 e. The molecule has 0 aliphatic rings. The van der Waals surface area contributed by atoms with E-state index in [0.717, 1.165) is 0 Å². The van der Waals surface area contributed by atoms with E-state index in [2.05, 4.69) is 6.58 Å². The highest BCUT2D eigenvalue weighted by Gasteiger charge is 2.00. The van der Waals surface area contributed by atoms with E-state index in [1.165, 1.54) is 19.1 Å². The number of carbonyl (C=O) groups excluding carboxylic acids is 1. The van der Waals surface area contributed by atoms with Crippen LogP contribution in [-0.2, 0) is 4.79 Å². The summed E-state index contributed by atoms with van der Waals surface area (Å²) in [7, 11) is 0. The summed E-state index contributed by atoms with van der Waals surface area (Å²) in [6, 6.07) is 0. The van der Waals surface area contributed by atoms with E-state index < -0.39 is 0 Å². The Hall–Kier alpha value is -1.18. The van der Waals surface area contributed by atoms with E-state index in [1.807, 2.05) is 0 Å². The van der Waals surface area contributed by atoms with Gasteiger partial charge in [-0.25, -0.2) is 4.39 Å². The van der Waals surface area contributed by atoms with Crippen molar-refractivity contribution < 1.29 is 9.18 Å². The molecule has 12 heavy (non-hydrogen) atoms. The van der Waals surface area contributed by atoms with Gasteiger partial charge >= 0.3 is 0 Å². The Balaban J connectivity index is 4.86. The molecular weight excluding hydrogens is 155 g/mol. The molecule has 0 aliphatic heterocycles. The molecule has 0 aromatic rings. The van der Waals surface area contributed by atoms with Gasteiger partial charge in [-0.2, -0.15) is 0 Å². The van der Waals surface area contributed by atoms with Gasteiger partial charge in [0.1, 0.15) is 5.83 Å². The normalized spacial score (nSPS) is 10.8. The number of carbonyl (C=O) groups is 1. The zero-order chi connectivity index (χ0) is 9.72. The van der Waals surface area contributed by atoms with Crippen LogP contribution in [0.4, 0.5) is 4.39 Å². The number of halogens is 1. The SMILES string of the molecule is C=C/C(=C\C(F)=C(C)C)C(C)=O. The van der Waals surface area contributed by atoms with Crippen molar-refractivity contribution in [1.82, 2.24) is 0 Å². The minimum absolute atomic E-state index is 0.179. The van der Waals surface area contributed by atoms with Crippen molar-refractivity contribution >= 4 is 5.78 Å². The van der Waals surface area contributed by atoms with Gasteiger partial charge in [0, 0.05) is 5.57 Å². The van der Waals surface area contributed by atoms with Gasteiger partial charge in [-0.05, 0) is 32.4 Å². The van der Waals surface area contributed by atoms with Gasteiger partial charge in [-0.15, -0.1) is 0 Å². The second-order valence-electron chi connectivity index (χ2n) is 2.71. The minimum Gasteiger partial charge on any atom is -0.295 e. The van der Waals surface area contributed by atoms with E-state index in [-0.39, 0.29) is 11.6 Å². The predicted molar refractivity (Wildman–Crippen MR) is 48.4 cm³/mol. The van der Waals surface area contributed by atoms with E-state index in [4.69, 9.17) is 0 Å². The number of allylic oxidation sites excluding steroid dienone is 5. The van der Waals surface area contributed by atoms with Crippen LogP contribution in [0.3, 0.4) is 0 Å². The van der Waals surface area contributed by atoms with Gasteiger partial charge in [0.2, 0.25) is 0 Å². The number of ketones is 1. The van der Waals surface area contributed by atoms with Crippen molar-refractivity contribution in [3.05, 3.63) is 35.7 Å². The van der Waals surface area contributed by atoms with Crippen molar-refractivity contribution in [2.24, 2.45) is 0 Å². The lowest BCUT2D eigenvalue weighted by atomic mass is 10.1. The fraction of sp³-hybridized carbons (Fsp3) is 0.300. The molecule has 2 heteroatoms. The Kier molecular flexibility index (Phi) is 4.19. The summed E-state index contributed by atoms with van der Waals surface area (Å²) in [6.45, 7) is 8.09. The lowest BCUT2D eigenvalue weighted by molar-refractivity contribution is -0.113. The quantitative estimate of drug-likeness (QED) is 0.467. The van der Waals surface area contributed by atoms with E-state index in [1.54, 1.807) is 13.8 Å². The number of Topliss-reactive ketones (excluding diaryl/α,β-unsaturated/α-hetero) is 1. The molecule has 0 rings (SSSR count). The molecule has 0 aliphatic carbocycles. The van der Waals surface area contributed by atoms with Gasteiger partial charge in [-0.3, -0.25) is 4.79 Å². The molecule has 0 aromatic carbocycles. The molecule has 0 saturated carbocycles. The molecule has 0 aromatic heterocycles. The van der Waals surface area contributed by atoms with Crippen molar-refractivity contribution in [2.45, 2.75) is 20.8 Å². The Bertz CT molecular complexity index is 255. The van der Waals surface area contributed by atoms with Gasteiger partial charge in [-0.1, -0.05) is 12.7 Å². The van der Waals surface area contributed by atoms with Crippen LogP contribution in [0.1, 0.15) is 20.8 Å². The van der Waals surface area contributed by atoms with Gasteiger partial charge in [0.05, 0.1) is 0 Å². The fourth-order valence-electron chi connectivity index (χ4n) is 0.585. The molecule has 0 N–H and O–H groups in total. The van der Waals surface area contributed by atoms with Crippen LogP contribution in [-0.4, -0.2) is 5.78 Å². The highest BCUT2D eigenvalue weighted by atomic mass is 19.1. The van der Waals surface area contributed by atoms with E-state index in [9.17, 15) is 9.18 Å². The Morgan fingerprint density at radius 2 is 1.83 bits per heavy atom. The third-order valence-electron chi connectivity index (χ3n) is 1.39. The Morgan fingerprint density at radius 1 is 1.33 bits per heavy atom. The zero-order valence-electron chi connectivity index (χ0n) is 7.65. The summed E-state index contributed by atoms with van der Waals surface area (Å²) in [5.74, 6) is -0.554. The van der Waals surface area contributed by atoms with Gasteiger partial charge < -0.3 is 0 Å². The first-order valence-electron chi connectivity index (χ1n) is 3.67. The molecule has 66 valence electrons. The average Bonchev–Trinajstić information content (AvgIpc) is 1.98. The third-order valence-corrected chi connectivity index (χ3v) is 1.39. The highest BCUT2D eigenvalue weighted by molar-refractivity contribution is 5.96. The lowest BCUT2D eigenvalue weighted by Gasteiger charge is -1.95. The molecule has 0 unspecified atom stereocenters. The summed E-state index contributed by atoms with van der Waals surface area (Å²) < 4.78 is 12.9. The van der Waals surface area contributed by atoms with Crippen LogP contribution in [0.25, 0.3) is 0 Å². The van der Waals surface area contributed by atoms with E-state index in [0.29, 0.717) is 11.1 Å². The molecule has 0 radical (unpaired) electrons. The summed E-state index contributed by atoms with van der Waals surface area (Å²) in [5, 5.41) is 0. The first-order valence-corrected chi connectivity index (χ1v) is 3.67. The van der Waals surface area contributed by atoms with Crippen LogP contribution in [0.2, 0.25) is 0 Å². The summed E-state index contributed by atoms with van der Waals surface area (Å²) in [6.07, 6.45) is 2.55. The van der Waals surface area contributed by atoms with Crippen LogP contribution in [0.15, 0.2) is 35.7 Å². The molecule has 0 fully saturated rings. The molecule has 0 spiro atoms. The Morgan fingerprint density at radius 3 is 2.08 bits per heavy atom. The maximum atomic E-state index is 12.9. The predicted octanol–water partition coefficient (Wildman–Crippen LogP) is 2.95. The molecule has 0 atom stereocenters. The minimum atomic E-state index is -0.375. The van der Waals surface area contributed by atoms with Gasteiger partial charge in [0.15, 0.2) is 5.78 Å². The third kappa shape index (κ3) is 3.28. The second kappa shape index (κ2) is 4.65. The number of hydrogen-bond donors (Lipinski definition) is 0. The molecular formula is C10H13FO. The first-order chi connectivity index (χ1) is 5.49. The van der Waals surface area contributed by atoms with Crippen molar-refractivity contribution in [3.63, 3.8) is 0 Å². The Labute approximate surface area is 72.3 Å². The summed E-state index contributed by atoms with van der Waals surface area (Å²) in [5.41, 5.74) is 0.851. The fourth-order valence-corrected chi connectivity index (χ4v) is 0.585. The smallest absolute Gasteiger partial charge is 0.159 e. The zero-order valence-corrected chi connectivity index (χ0v) is 7.65. The number of hydrogen-bond acceptors (Lipinski definition) is 1. The molecule has 0 bridgehead atoms. The van der Waals surface area contributed by atoms with Crippen molar-refractivity contribution in [1.29, 1.82) is 0 Å². The van der Waals surface area contributed by atoms with Crippen molar-refractivity contribution in [2.75, 3.05) is 0 Å². The maximum absolute atomic E-state index is 12.9. The average molecular weight is 168 g/mol. The highest BCUT2D eigenvalue weighted by Crippen LogP contribution is 2.10. The van der Waals surface area contributed by atoms with Crippen LogP contribution >= 0.6 is 0 Å². The molecule has 0 saturated heterocycles. The standard InChI is InChI=1S/C10H13FO/c1-5-9(8(4)12)6-10(11)7(2)3/h5-6H,1H2,2-4H3/b9-6+.